The first-order valence-corrected chi connectivity index (χ1v) is 6.54. The second-order valence-corrected chi connectivity index (χ2v) is 5.62. The standard InChI is InChI=1S/C13H14O13/c14-4-1-3(2-5(15)6(4)16)7(17)10(20)8(18)9(19)11(21,22)13(25,26)12(10,23)24/h1-2,14-16,18-26H. The minimum atomic E-state index is -4.65. The molecule has 0 bridgehead atoms. The molecule has 13 heteroatoms. The van der Waals surface area contributed by atoms with Crippen LogP contribution >= 0.6 is 0 Å². The van der Waals surface area contributed by atoms with Gasteiger partial charge in [0.05, 0.1) is 0 Å². The van der Waals surface area contributed by atoms with Crippen LogP contribution in [0.25, 0.3) is 0 Å². The van der Waals surface area contributed by atoms with E-state index in [1.54, 1.807) is 0 Å². The summed E-state index contributed by atoms with van der Waals surface area (Å²) in [5.41, 5.74) is -5.27. The Bertz CT molecular complexity index is 798. The van der Waals surface area contributed by atoms with Gasteiger partial charge in [-0.1, -0.05) is 0 Å². The molecule has 0 fully saturated rings. The summed E-state index contributed by atoms with van der Waals surface area (Å²) in [4.78, 5) is 12.4. The SMILES string of the molecule is O=C(c1cc(O)c(O)c(O)c1)C1(O)C(O)=C(O)C(O)(O)C(O)(O)C1(O)O. The predicted molar refractivity (Wildman–Crippen MR) is 74.5 cm³/mol. The van der Waals surface area contributed by atoms with E-state index in [2.05, 4.69) is 0 Å². The Morgan fingerprint density at radius 3 is 1.54 bits per heavy atom. The summed E-state index contributed by atoms with van der Waals surface area (Å²) in [5, 5.41) is 115. The van der Waals surface area contributed by atoms with Gasteiger partial charge in [-0.25, -0.2) is 0 Å². The van der Waals surface area contributed by atoms with E-state index in [1.165, 1.54) is 0 Å². The maximum absolute atomic E-state index is 12.4. The highest BCUT2D eigenvalue weighted by molar-refractivity contribution is 6.06. The minimum Gasteiger partial charge on any atom is -0.505 e. The molecule has 0 heterocycles. The molecule has 144 valence electrons. The van der Waals surface area contributed by atoms with Gasteiger partial charge in [-0.05, 0) is 12.1 Å². The molecule has 1 aromatic carbocycles. The van der Waals surface area contributed by atoms with Gasteiger partial charge in [0.15, 0.2) is 28.8 Å². The lowest BCUT2D eigenvalue weighted by molar-refractivity contribution is -0.476. The number of aliphatic hydroxyl groups excluding tert-OH is 2. The van der Waals surface area contributed by atoms with Gasteiger partial charge in [-0.15, -0.1) is 0 Å². The summed E-state index contributed by atoms with van der Waals surface area (Å²) in [6.07, 6.45) is 0. The second kappa shape index (κ2) is 5.18. The number of phenols is 3. The summed E-state index contributed by atoms with van der Waals surface area (Å²) < 4.78 is 0. The van der Waals surface area contributed by atoms with Crippen molar-refractivity contribution >= 4 is 5.78 Å². The highest BCUT2D eigenvalue weighted by Crippen LogP contribution is 2.49. The fraction of sp³-hybridized carbons (Fsp3) is 0.308. The van der Waals surface area contributed by atoms with Gasteiger partial charge in [0.25, 0.3) is 17.4 Å². The molecule has 13 nitrogen and oxygen atoms in total. The predicted octanol–water partition coefficient (Wildman–Crippen LogP) is -3.90. The number of carbonyl (C=O) groups excluding carboxylic acids is 1. The van der Waals surface area contributed by atoms with Crippen molar-refractivity contribution < 1.29 is 66.1 Å². The summed E-state index contributed by atoms with van der Waals surface area (Å²) in [6, 6.07) is 0.734. The highest BCUT2D eigenvalue weighted by atomic mass is 16.7. The molecule has 0 radical (unpaired) electrons. The topological polar surface area (TPSA) is 260 Å². The Balaban J connectivity index is 2.81. The number of Topliss-reactive ketones (excluding diaryl/α,β-unsaturated/α-hetero) is 1. The van der Waals surface area contributed by atoms with Crippen LogP contribution in [0.5, 0.6) is 17.2 Å². The van der Waals surface area contributed by atoms with Crippen molar-refractivity contribution in [1.82, 2.24) is 0 Å². The molecule has 0 spiro atoms. The van der Waals surface area contributed by atoms with Gasteiger partial charge in [0.2, 0.25) is 11.4 Å². The Hall–Kier alpha value is -2.65. The van der Waals surface area contributed by atoms with Crippen LogP contribution in [0.4, 0.5) is 0 Å². The Morgan fingerprint density at radius 2 is 1.12 bits per heavy atom. The van der Waals surface area contributed by atoms with Crippen molar-refractivity contribution in [2.45, 2.75) is 23.0 Å². The van der Waals surface area contributed by atoms with E-state index >= 15 is 0 Å². The Kier molecular flexibility index (Phi) is 3.92. The van der Waals surface area contributed by atoms with E-state index in [4.69, 9.17) is 0 Å². The van der Waals surface area contributed by atoms with Crippen LogP contribution in [-0.4, -0.2) is 90.0 Å². The molecule has 1 aliphatic rings. The van der Waals surface area contributed by atoms with Gasteiger partial charge in [-0.3, -0.25) is 4.79 Å². The first-order chi connectivity index (χ1) is 11.5. The molecule has 1 aliphatic carbocycles. The lowest BCUT2D eigenvalue weighted by Gasteiger charge is -2.51. The third-order valence-corrected chi connectivity index (χ3v) is 4.03. The van der Waals surface area contributed by atoms with E-state index < -0.39 is 63.1 Å². The van der Waals surface area contributed by atoms with Crippen LogP contribution in [0, 0.1) is 0 Å². The number of phenolic OH excluding ortho intramolecular Hbond substituents is 3. The third-order valence-electron chi connectivity index (χ3n) is 4.03. The van der Waals surface area contributed by atoms with Gasteiger partial charge in [-0.2, -0.15) is 0 Å². The molecule has 1 unspecified atom stereocenters. The second-order valence-electron chi connectivity index (χ2n) is 5.62. The lowest BCUT2D eigenvalue weighted by atomic mass is 9.71. The number of aromatic hydroxyl groups is 3. The van der Waals surface area contributed by atoms with E-state index in [0.717, 1.165) is 0 Å². The molecule has 1 aromatic rings. The number of hydrogen-bond donors (Lipinski definition) is 12. The molecule has 0 saturated heterocycles. The number of rotatable bonds is 2. The Labute approximate surface area is 142 Å². The van der Waals surface area contributed by atoms with Crippen LogP contribution in [0.2, 0.25) is 0 Å². The number of carbonyl (C=O) groups is 1. The van der Waals surface area contributed by atoms with Crippen molar-refractivity contribution in [2.24, 2.45) is 0 Å². The molecular weight excluding hydrogens is 364 g/mol. The van der Waals surface area contributed by atoms with Gasteiger partial charge in [0, 0.05) is 5.56 Å². The molecular formula is C13H14O13. The van der Waals surface area contributed by atoms with E-state index in [9.17, 15) is 66.1 Å². The molecule has 0 aliphatic heterocycles. The molecule has 1 atom stereocenters. The van der Waals surface area contributed by atoms with Crippen LogP contribution in [0.15, 0.2) is 23.7 Å². The average Bonchev–Trinajstić information content (AvgIpc) is 2.54. The van der Waals surface area contributed by atoms with Gasteiger partial charge < -0.3 is 61.3 Å². The number of aliphatic hydroxyl groups is 9. The zero-order valence-electron chi connectivity index (χ0n) is 12.4. The first kappa shape index (κ1) is 19.7. The van der Waals surface area contributed by atoms with Gasteiger partial charge >= 0.3 is 0 Å². The summed E-state index contributed by atoms with van der Waals surface area (Å²) in [5.74, 6) is -23.5. The number of ketones is 1. The summed E-state index contributed by atoms with van der Waals surface area (Å²) in [7, 11) is 0. The van der Waals surface area contributed by atoms with Crippen LogP contribution in [0.3, 0.4) is 0 Å². The van der Waals surface area contributed by atoms with E-state index in [0.29, 0.717) is 12.1 Å². The van der Waals surface area contributed by atoms with Crippen molar-refractivity contribution in [3.05, 3.63) is 29.2 Å². The quantitative estimate of drug-likeness (QED) is 0.133. The smallest absolute Gasteiger partial charge is 0.288 e. The van der Waals surface area contributed by atoms with Crippen molar-refractivity contribution in [3.63, 3.8) is 0 Å². The first-order valence-electron chi connectivity index (χ1n) is 6.54. The fourth-order valence-electron chi connectivity index (χ4n) is 2.37. The molecule has 12 N–H and O–H groups in total. The van der Waals surface area contributed by atoms with Crippen molar-refractivity contribution in [2.75, 3.05) is 0 Å². The fourth-order valence-corrected chi connectivity index (χ4v) is 2.37. The zero-order chi connectivity index (χ0) is 20.5. The molecule has 0 aromatic heterocycles. The molecule has 26 heavy (non-hydrogen) atoms. The lowest BCUT2D eigenvalue weighted by Crippen LogP contribution is -2.81. The van der Waals surface area contributed by atoms with Crippen LogP contribution in [0.1, 0.15) is 10.4 Å². The van der Waals surface area contributed by atoms with E-state index in [1.807, 2.05) is 0 Å². The molecule has 0 saturated carbocycles. The monoisotopic (exact) mass is 378 g/mol. The number of hydrogen-bond acceptors (Lipinski definition) is 13. The Morgan fingerprint density at radius 1 is 0.692 bits per heavy atom. The maximum Gasteiger partial charge on any atom is 0.288 e. The van der Waals surface area contributed by atoms with Crippen LogP contribution < -0.4 is 0 Å². The zero-order valence-corrected chi connectivity index (χ0v) is 12.4. The third kappa shape index (κ3) is 2.01. The number of benzene rings is 1. The largest absolute Gasteiger partial charge is 0.505 e. The van der Waals surface area contributed by atoms with E-state index in [-0.39, 0.29) is 0 Å². The highest BCUT2D eigenvalue weighted by Gasteiger charge is 2.79. The normalized spacial score (nSPS) is 26.6. The maximum atomic E-state index is 12.4. The summed E-state index contributed by atoms with van der Waals surface area (Å²) >= 11 is 0. The molecule has 2 rings (SSSR count). The molecule has 0 amide bonds. The van der Waals surface area contributed by atoms with Crippen molar-refractivity contribution in [3.8, 4) is 17.2 Å². The minimum absolute atomic E-state index is 0.367. The summed E-state index contributed by atoms with van der Waals surface area (Å²) in [6.45, 7) is 0. The van der Waals surface area contributed by atoms with Gasteiger partial charge in [0.1, 0.15) is 0 Å². The van der Waals surface area contributed by atoms with Crippen molar-refractivity contribution in [1.29, 1.82) is 0 Å². The average molecular weight is 378 g/mol. The van der Waals surface area contributed by atoms with Crippen LogP contribution in [-0.2, 0) is 0 Å².